The van der Waals surface area contributed by atoms with Crippen molar-refractivity contribution in [2.45, 2.75) is 56.4 Å². The van der Waals surface area contributed by atoms with Crippen LogP contribution >= 0.6 is 0 Å². The van der Waals surface area contributed by atoms with Gasteiger partial charge < -0.3 is 20.5 Å². The molecule has 0 radical (unpaired) electrons. The fourth-order valence-corrected chi connectivity index (χ4v) is 6.19. The van der Waals surface area contributed by atoms with E-state index in [1.807, 2.05) is 24.3 Å². The summed E-state index contributed by atoms with van der Waals surface area (Å²) in [4.78, 5) is 37.4. The number of alkyl carbamates (subject to hydrolysis) is 1. The Labute approximate surface area is 205 Å². The monoisotopic (exact) mass is 476 g/mol. The molecule has 0 aromatic heterocycles. The molecule has 2 fully saturated rings. The third kappa shape index (κ3) is 4.51. The van der Waals surface area contributed by atoms with Crippen LogP contribution in [0, 0.1) is 11.8 Å². The zero-order valence-corrected chi connectivity index (χ0v) is 19.8. The Hall–Kier alpha value is -3.35. The number of carboxylic acid groups (broad SMARTS) is 1. The molecule has 7 nitrogen and oxygen atoms in total. The molecule has 0 unspecified atom stereocenters. The number of rotatable bonds is 7. The lowest BCUT2D eigenvalue weighted by atomic mass is 9.91. The van der Waals surface area contributed by atoms with Gasteiger partial charge in [-0.2, -0.15) is 0 Å². The van der Waals surface area contributed by atoms with E-state index >= 15 is 0 Å². The van der Waals surface area contributed by atoms with Crippen molar-refractivity contribution < 1.29 is 24.2 Å². The molecule has 0 saturated heterocycles. The predicted octanol–water partition coefficient (Wildman–Crippen LogP) is 4.46. The number of benzene rings is 2. The highest BCUT2D eigenvalue weighted by atomic mass is 16.5. The fraction of sp³-hybridized carbons (Fsp3) is 0.464. The highest BCUT2D eigenvalue weighted by Gasteiger charge is 2.45. The van der Waals surface area contributed by atoms with E-state index in [0.717, 1.165) is 36.8 Å². The van der Waals surface area contributed by atoms with Gasteiger partial charge in [-0.1, -0.05) is 67.8 Å². The van der Waals surface area contributed by atoms with E-state index in [-0.39, 0.29) is 30.3 Å². The fourth-order valence-electron chi connectivity index (χ4n) is 6.19. The van der Waals surface area contributed by atoms with E-state index in [0.29, 0.717) is 25.8 Å². The van der Waals surface area contributed by atoms with Crippen molar-refractivity contribution in [3.63, 3.8) is 0 Å². The minimum atomic E-state index is -1.13. The van der Waals surface area contributed by atoms with Crippen molar-refractivity contribution in [3.05, 3.63) is 59.7 Å². The third-order valence-corrected chi connectivity index (χ3v) is 8.08. The third-order valence-electron chi connectivity index (χ3n) is 8.08. The average molecular weight is 477 g/mol. The minimum absolute atomic E-state index is 0.00298. The summed E-state index contributed by atoms with van der Waals surface area (Å²) in [6.07, 6.45) is 4.49. The number of carbonyl (C=O) groups is 3. The molecule has 35 heavy (non-hydrogen) atoms. The maximum Gasteiger partial charge on any atom is 0.407 e. The summed E-state index contributed by atoms with van der Waals surface area (Å²) >= 11 is 0. The number of amides is 2. The van der Waals surface area contributed by atoms with Crippen molar-refractivity contribution in [2.24, 2.45) is 11.8 Å². The molecule has 2 atom stereocenters. The van der Waals surface area contributed by atoms with Crippen molar-refractivity contribution in [1.29, 1.82) is 0 Å². The van der Waals surface area contributed by atoms with Crippen LogP contribution in [-0.2, 0) is 14.3 Å². The molecule has 2 amide bonds. The van der Waals surface area contributed by atoms with E-state index in [4.69, 9.17) is 4.74 Å². The number of carboxylic acids is 1. The summed E-state index contributed by atoms with van der Waals surface area (Å²) in [5, 5.41) is 15.4. The van der Waals surface area contributed by atoms with Crippen molar-refractivity contribution >= 4 is 18.0 Å². The van der Waals surface area contributed by atoms with E-state index in [9.17, 15) is 19.5 Å². The molecular formula is C28H32N2O5. The Balaban J connectivity index is 1.16. The van der Waals surface area contributed by atoms with E-state index in [2.05, 4.69) is 34.9 Å². The van der Waals surface area contributed by atoms with Crippen LogP contribution in [-0.4, -0.2) is 41.8 Å². The molecule has 3 aliphatic rings. The first-order chi connectivity index (χ1) is 17.0. The molecule has 2 saturated carbocycles. The standard InChI is InChI=1S/C28H32N2O5/c31-25(30-28(26(32)33)14-5-6-15-28)19-13-7-8-18(19)16-29-27(34)35-17-24-22-11-3-1-9-20(22)21-10-2-4-12-23(21)24/h1-4,9-12,18-19,24H,5-8,13-17H2,(H,29,34)(H,30,31)(H,32,33)/t18-,19-/m0/s1. The van der Waals surface area contributed by atoms with Crippen LogP contribution in [0.2, 0.25) is 0 Å². The quantitative estimate of drug-likeness (QED) is 0.547. The van der Waals surface area contributed by atoms with Gasteiger partial charge in [0.2, 0.25) is 5.91 Å². The van der Waals surface area contributed by atoms with Gasteiger partial charge in [0.15, 0.2) is 0 Å². The Bertz CT molecular complexity index is 1080. The van der Waals surface area contributed by atoms with Gasteiger partial charge in [-0.25, -0.2) is 9.59 Å². The Kier molecular flexibility index (Phi) is 6.50. The lowest BCUT2D eigenvalue weighted by Crippen LogP contribution is -2.54. The van der Waals surface area contributed by atoms with Crippen LogP contribution in [0.15, 0.2) is 48.5 Å². The molecule has 0 spiro atoms. The molecular weight excluding hydrogens is 444 g/mol. The van der Waals surface area contributed by atoms with E-state index < -0.39 is 17.6 Å². The molecule has 3 N–H and O–H groups in total. The van der Waals surface area contributed by atoms with Crippen LogP contribution in [0.1, 0.15) is 62.0 Å². The first-order valence-electron chi connectivity index (χ1n) is 12.6. The normalized spacial score (nSPS) is 22.3. The van der Waals surface area contributed by atoms with Crippen LogP contribution in [0.5, 0.6) is 0 Å². The number of hydrogen-bond acceptors (Lipinski definition) is 4. The van der Waals surface area contributed by atoms with Gasteiger partial charge in [-0.3, -0.25) is 4.79 Å². The van der Waals surface area contributed by atoms with Gasteiger partial charge in [-0.05, 0) is 53.9 Å². The van der Waals surface area contributed by atoms with Gasteiger partial charge >= 0.3 is 12.1 Å². The first-order valence-corrected chi connectivity index (χ1v) is 12.6. The van der Waals surface area contributed by atoms with Crippen molar-refractivity contribution in [3.8, 4) is 11.1 Å². The Morgan fingerprint density at radius 1 is 0.914 bits per heavy atom. The van der Waals surface area contributed by atoms with Gasteiger partial charge in [-0.15, -0.1) is 0 Å². The zero-order chi connectivity index (χ0) is 24.4. The molecule has 3 aliphatic carbocycles. The van der Waals surface area contributed by atoms with E-state index in [1.54, 1.807) is 0 Å². The molecule has 0 bridgehead atoms. The maximum atomic E-state index is 13.0. The number of nitrogens with one attached hydrogen (secondary N) is 2. The first kappa shape index (κ1) is 23.4. The van der Waals surface area contributed by atoms with Crippen molar-refractivity contribution in [1.82, 2.24) is 10.6 Å². The summed E-state index contributed by atoms with van der Waals surface area (Å²) in [6.45, 7) is 0.588. The molecule has 0 aliphatic heterocycles. The number of ether oxygens (including phenoxy) is 1. The molecule has 2 aromatic carbocycles. The van der Waals surface area contributed by atoms with Crippen LogP contribution < -0.4 is 10.6 Å². The van der Waals surface area contributed by atoms with Gasteiger partial charge in [0.25, 0.3) is 0 Å². The van der Waals surface area contributed by atoms with Crippen molar-refractivity contribution in [2.75, 3.05) is 13.2 Å². The Morgan fingerprint density at radius 2 is 1.54 bits per heavy atom. The number of carbonyl (C=O) groups excluding carboxylic acids is 2. The highest BCUT2D eigenvalue weighted by Crippen LogP contribution is 2.44. The predicted molar refractivity (Wildman–Crippen MR) is 131 cm³/mol. The summed E-state index contributed by atoms with van der Waals surface area (Å²) in [6, 6.07) is 16.4. The lowest BCUT2D eigenvalue weighted by Gasteiger charge is -2.28. The van der Waals surface area contributed by atoms with Gasteiger partial charge in [0, 0.05) is 18.4 Å². The Morgan fingerprint density at radius 3 is 2.17 bits per heavy atom. The second-order valence-corrected chi connectivity index (χ2v) is 10.1. The summed E-state index contributed by atoms with van der Waals surface area (Å²) in [5.41, 5.74) is 3.54. The lowest BCUT2D eigenvalue weighted by molar-refractivity contribution is -0.148. The highest BCUT2D eigenvalue weighted by molar-refractivity contribution is 5.88. The van der Waals surface area contributed by atoms with Gasteiger partial charge in [0.1, 0.15) is 12.1 Å². The van der Waals surface area contributed by atoms with Gasteiger partial charge in [0.05, 0.1) is 0 Å². The maximum absolute atomic E-state index is 13.0. The van der Waals surface area contributed by atoms with Crippen LogP contribution in [0.25, 0.3) is 11.1 Å². The molecule has 184 valence electrons. The topological polar surface area (TPSA) is 105 Å². The SMILES string of the molecule is O=C(NC[C@@H]1CCC[C@@H]1C(=O)NC1(C(=O)O)CCCC1)OCC1c2ccccc2-c2ccccc21. The number of aliphatic carboxylic acids is 1. The molecule has 0 heterocycles. The van der Waals surface area contributed by atoms with Crippen LogP contribution in [0.4, 0.5) is 4.79 Å². The molecule has 2 aromatic rings. The summed E-state index contributed by atoms with van der Waals surface area (Å²) < 4.78 is 5.62. The second-order valence-electron chi connectivity index (χ2n) is 10.1. The second kappa shape index (κ2) is 9.72. The average Bonchev–Trinajstić information content (AvgIpc) is 3.60. The van der Waals surface area contributed by atoms with Crippen LogP contribution in [0.3, 0.4) is 0 Å². The molecule has 5 rings (SSSR count). The summed E-state index contributed by atoms with van der Waals surface area (Å²) in [7, 11) is 0. The summed E-state index contributed by atoms with van der Waals surface area (Å²) in [5.74, 6) is -1.47. The zero-order valence-electron chi connectivity index (χ0n) is 19.8. The van der Waals surface area contributed by atoms with E-state index in [1.165, 1.54) is 11.1 Å². The largest absolute Gasteiger partial charge is 0.480 e. The molecule has 7 heteroatoms. The minimum Gasteiger partial charge on any atom is -0.480 e. The number of hydrogen-bond donors (Lipinski definition) is 3. The smallest absolute Gasteiger partial charge is 0.407 e. The number of fused-ring (bicyclic) bond motifs is 3.